The Balaban J connectivity index is 2.62. The Morgan fingerprint density at radius 2 is 2.07 bits per heavy atom. The van der Waals surface area contributed by atoms with Gasteiger partial charge in [0.05, 0.1) is 18.1 Å². The van der Waals surface area contributed by atoms with Gasteiger partial charge in [0.15, 0.2) is 0 Å². The summed E-state index contributed by atoms with van der Waals surface area (Å²) < 4.78 is 0. The first-order valence-electron chi connectivity index (χ1n) is 4.56. The number of nitriles is 1. The summed E-state index contributed by atoms with van der Waals surface area (Å²) in [7, 11) is 1.82. The highest BCUT2D eigenvalue weighted by molar-refractivity contribution is 5.67. The maximum absolute atomic E-state index is 10.4. The second kappa shape index (κ2) is 5.01. The molecule has 1 N–H and O–H groups in total. The SMILES string of the molecule is CN(CCC(=O)O)c1ccc(C#N)cc1. The van der Waals surface area contributed by atoms with Gasteiger partial charge in [-0.25, -0.2) is 0 Å². The molecule has 4 nitrogen and oxygen atoms in total. The largest absolute Gasteiger partial charge is 0.481 e. The first-order valence-corrected chi connectivity index (χ1v) is 4.56. The van der Waals surface area contributed by atoms with Gasteiger partial charge in [-0.3, -0.25) is 4.79 Å². The van der Waals surface area contributed by atoms with Gasteiger partial charge in [0.2, 0.25) is 0 Å². The van der Waals surface area contributed by atoms with E-state index in [1.807, 2.05) is 18.0 Å². The van der Waals surface area contributed by atoms with E-state index in [4.69, 9.17) is 10.4 Å². The van der Waals surface area contributed by atoms with Crippen LogP contribution in [0.5, 0.6) is 0 Å². The van der Waals surface area contributed by atoms with E-state index >= 15 is 0 Å². The molecular formula is C11H12N2O2. The fourth-order valence-electron chi connectivity index (χ4n) is 1.18. The van der Waals surface area contributed by atoms with Crippen molar-refractivity contribution < 1.29 is 9.90 Å². The number of carboxylic acid groups (broad SMARTS) is 1. The van der Waals surface area contributed by atoms with Crippen molar-refractivity contribution in [3.63, 3.8) is 0 Å². The third-order valence-electron chi connectivity index (χ3n) is 2.10. The predicted molar refractivity (Wildman–Crippen MR) is 56.7 cm³/mol. The van der Waals surface area contributed by atoms with Gasteiger partial charge in [-0.15, -0.1) is 0 Å². The van der Waals surface area contributed by atoms with Gasteiger partial charge < -0.3 is 10.0 Å². The van der Waals surface area contributed by atoms with Gasteiger partial charge in [0.25, 0.3) is 0 Å². The van der Waals surface area contributed by atoms with Crippen molar-refractivity contribution in [2.24, 2.45) is 0 Å². The number of rotatable bonds is 4. The molecule has 15 heavy (non-hydrogen) atoms. The lowest BCUT2D eigenvalue weighted by Gasteiger charge is -2.17. The maximum Gasteiger partial charge on any atom is 0.305 e. The molecule has 0 radical (unpaired) electrons. The molecule has 0 aromatic heterocycles. The van der Waals surface area contributed by atoms with Crippen molar-refractivity contribution in [2.45, 2.75) is 6.42 Å². The molecule has 0 saturated heterocycles. The van der Waals surface area contributed by atoms with Gasteiger partial charge in [0.1, 0.15) is 0 Å². The number of carboxylic acids is 1. The number of aliphatic carboxylic acids is 1. The molecule has 0 aliphatic rings. The van der Waals surface area contributed by atoms with E-state index in [-0.39, 0.29) is 6.42 Å². The van der Waals surface area contributed by atoms with E-state index in [2.05, 4.69) is 0 Å². The Bertz CT molecular complexity index is 379. The normalized spacial score (nSPS) is 9.33. The van der Waals surface area contributed by atoms with Crippen molar-refractivity contribution in [1.29, 1.82) is 5.26 Å². The summed E-state index contributed by atoms with van der Waals surface area (Å²) in [6.07, 6.45) is 0.108. The van der Waals surface area contributed by atoms with Crippen molar-refractivity contribution in [1.82, 2.24) is 0 Å². The molecule has 0 aliphatic carbocycles. The highest BCUT2D eigenvalue weighted by atomic mass is 16.4. The highest BCUT2D eigenvalue weighted by Gasteiger charge is 2.03. The van der Waals surface area contributed by atoms with Crippen LogP contribution in [0.25, 0.3) is 0 Å². The summed E-state index contributed by atoms with van der Waals surface area (Å²) in [5, 5.41) is 17.1. The van der Waals surface area contributed by atoms with Crippen LogP contribution < -0.4 is 4.90 Å². The molecule has 4 heteroatoms. The molecule has 0 fully saturated rings. The van der Waals surface area contributed by atoms with E-state index in [0.717, 1.165) is 5.69 Å². The summed E-state index contributed by atoms with van der Waals surface area (Å²) in [6, 6.07) is 9.07. The Labute approximate surface area is 88.4 Å². The molecular weight excluding hydrogens is 192 g/mol. The van der Waals surface area contributed by atoms with Crippen LogP contribution in [-0.4, -0.2) is 24.7 Å². The van der Waals surface area contributed by atoms with Crippen LogP contribution in [0.3, 0.4) is 0 Å². The second-order valence-corrected chi connectivity index (χ2v) is 3.22. The molecule has 0 atom stereocenters. The molecule has 1 rings (SSSR count). The van der Waals surface area contributed by atoms with E-state index < -0.39 is 5.97 Å². The van der Waals surface area contributed by atoms with Crippen LogP contribution in [0.2, 0.25) is 0 Å². The molecule has 1 aromatic carbocycles. The molecule has 0 saturated carbocycles. The maximum atomic E-state index is 10.4. The molecule has 0 aliphatic heterocycles. The van der Waals surface area contributed by atoms with E-state index in [1.54, 1.807) is 24.3 Å². The lowest BCUT2D eigenvalue weighted by atomic mass is 10.2. The molecule has 0 amide bonds. The number of anilines is 1. The molecule has 0 heterocycles. The highest BCUT2D eigenvalue weighted by Crippen LogP contribution is 2.13. The molecule has 78 valence electrons. The van der Waals surface area contributed by atoms with Crippen LogP contribution in [0.1, 0.15) is 12.0 Å². The summed E-state index contributed by atoms with van der Waals surface area (Å²) in [6.45, 7) is 0.460. The Morgan fingerprint density at radius 1 is 1.47 bits per heavy atom. The molecule has 0 unspecified atom stereocenters. The summed E-state index contributed by atoms with van der Waals surface area (Å²) in [5.74, 6) is -0.810. The van der Waals surface area contributed by atoms with Crippen LogP contribution in [-0.2, 0) is 4.79 Å². The summed E-state index contributed by atoms with van der Waals surface area (Å²) >= 11 is 0. The minimum Gasteiger partial charge on any atom is -0.481 e. The average Bonchev–Trinajstić information content (AvgIpc) is 2.26. The van der Waals surface area contributed by atoms with E-state index in [0.29, 0.717) is 12.1 Å². The van der Waals surface area contributed by atoms with Crippen LogP contribution in [0.15, 0.2) is 24.3 Å². The quantitative estimate of drug-likeness (QED) is 0.806. The fourth-order valence-corrected chi connectivity index (χ4v) is 1.18. The van der Waals surface area contributed by atoms with E-state index in [1.165, 1.54) is 0 Å². The number of hydrogen-bond acceptors (Lipinski definition) is 3. The molecule has 1 aromatic rings. The van der Waals surface area contributed by atoms with Gasteiger partial charge >= 0.3 is 5.97 Å². The third kappa shape index (κ3) is 3.31. The number of benzene rings is 1. The molecule has 0 spiro atoms. The fraction of sp³-hybridized carbons (Fsp3) is 0.273. The number of hydrogen-bond donors (Lipinski definition) is 1. The van der Waals surface area contributed by atoms with Crippen molar-refractivity contribution >= 4 is 11.7 Å². The average molecular weight is 204 g/mol. The first-order chi connectivity index (χ1) is 7.13. The summed E-state index contributed by atoms with van der Waals surface area (Å²) in [4.78, 5) is 12.2. The number of carbonyl (C=O) groups is 1. The number of nitrogens with zero attached hydrogens (tertiary/aromatic N) is 2. The monoisotopic (exact) mass is 204 g/mol. The zero-order valence-corrected chi connectivity index (χ0v) is 8.47. The predicted octanol–water partition coefficient (Wildman–Crippen LogP) is 1.47. The topological polar surface area (TPSA) is 64.3 Å². The van der Waals surface area contributed by atoms with Crippen molar-refractivity contribution in [2.75, 3.05) is 18.5 Å². The zero-order chi connectivity index (χ0) is 11.3. The molecule has 0 bridgehead atoms. The summed E-state index contributed by atoms with van der Waals surface area (Å²) in [5.41, 5.74) is 1.51. The smallest absolute Gasteiger partial charge is 0.305 e. The van der Waals surface area contributed by atoms with Gasteiger partial charge in [-0.2, -0.15) is 5.26 Å². The van der Waals surface area contributed by atoms with Crippen LogP contribution >= 0.6 is 0 Å². The van der Waals surface area contributed by atoms with Gasteiger partial charge in [-0.05, 0) is 24.3 Å². The first kappa shape index (κ1) is 11.1. The standard InChI is InChI=1S/C11H12N2O2/c1-13(7-6-11(14)15)10-4-2-9(8-12)3-5-10/h2-5H,6-7H2,1H3,(H,14,15). The zero-order valence-electron chi connectivity index (χ0n) is 8.47. The van der Waals surface area contributed by atoms with E-state index in [9.17, 15) is 4.79 Å². The lowest BCUT2D eigenvalue weighted by molar-refractivity contribution is -0.136. The Morgan fingerprint density at radius 3 is 2.53 bits per heavy atom. The second-order valence-electron chi connectivity index (χ2n) is 3.22. The van der Waals surface area contributed by atoms with Gasteiger partial charge in [-0.1, -0.05) is 0 Å². The van der Waals surface area contributed by atoms with Gasteiger partial charge in [0, 0.05) is 19.3 Å². The van der Waals surface area contributed by atoms with Crippen molar-refractivity contribution in [3.8, 4) is 6.07 Å². The minimum atomic E-state index is -0.810. The Hall–Kier alpha value is -2.02. The third-order valence-corrected chi connectivity index (χ3v) is 2.10. The van der Waals surface area contributed by atoms with Crippen LogP contribution in [0, 0.1) is 11.3 Å². The van der Waals surface area contributed by atoms with Crippen LogP contribution in [0.4, 0.5) is 5.69 Å². The van der Waals surface area contributed by atoms with Crippen molar-refractivity contribution in [3.05, 3.63) is 29.8 Å². The Kier molecular flexibility index (Phi) is 3.69. The minimum absolute atomic E-state index is 0.108. The lowest BCUT2D eigenvalue weighted by Crippen LogP contribution is -2.20.